The van der Waals surface area contributed by atoms with Crippen molar-refractivity contribution < 1.29 is 19.7 Å². The molecule has 3 rings (SSSR count). The maximum atomic E-state index is 10.2. The Morgan fingerprint density at radius 2 is 1.38 bits per heavy atom. The average molecular weight is 434 g/mol. The number of ether oxygens (including phenoxy) is 2. The zero-order valence-corrected chi connectivity index (χ0v) is 18.2. The number of aromatic hydroxyl groups is 2. The molecular formula is C25H27N3O4. The Kier molecular flexibility index (Phi) is 8.20. The second kappa shape index (κ2) is 11.5. The second-order valence-corrected chi connectivity index (χ2v) is 7.18. The van der Waals surface area contributed by atoms with E-state index in [4.69, 9.17) is 9.47 Å². The summed E-state index contributed by atoms with van der Waals surface area (Å²) in [7, 11) is 3.02. The second-order valence-electron chi connectivity index (χ2n) is 7.18. The van der Waals surface area contributed by atoms with Crippen LogP contribution in [0.3, 0.4) is 0 Å². The number of hydrogen-bond acceptors (Lipinski definition) is 7. The lowest BCUT2D eigenvalue weighted by molar-refractivity contribution is 0.373. The van der Waals surface area contributed by atoms with E-state index in [-0.39, 0.29) is 17.4 Å². The molecule has 7 heteroatoms. The Morgan fingerprint density at radius 1 is 0.812 bits per heavy atom. The van der Waals surface area contributed by atoms with Gasteiger partial charge in [0.05, 0.1) is 14.2 Å². The fraction of sp³-hybridized carbons (Fsp3) is 0.240. The van der Waals surface area contributed by atoms with Crippen LogP contribution in [0, 0.1) is 5.92 Å². The molecule has 166 valence electrons. The normalized spacial score (nSPS) is 12.3. The van der Waals surface area contributed by atoms with Gasteiger partial charge in [-0.1, -0.05) is 18.2 Å². The number of phenolic OH excluding ortho intramolecular Hbond substituents is 2. The molecule has 0 spiro atoms. The van der Waals surface area contributed by atoms with Gasteiger partial charge in [0.15, 0.2) is 23.0 Å². The molecule has 0 radical (unpaired) electrons. The molecule has 0 bridgehead atoms. The molecular weight excluding hydrogens is 406 g/mol. The first kappa shape index (κ1) is 22.8. The van der Waals surface area contributed by atoms with E-state index < -0.39 is 0 Å². The van der Waals surface area contributed by atoms with Gasteiger partial charge in [0.25, 0.3) is 0 Å². The molecule has 1 aromatic heterocycles. The molecule has 0 saturated carbocycles. The van der Waals surface area contributed by atoms with Crippen molar-refractivity contribution in [2.24, 2.45) is 15.9 Å². The van der Waals surface area contributed by atoms with Crippen molar-refractivity contribution in [3.05, 3.63) is 77.6 Å². The highest BCUT2D eigenvalue weighted by Crippen LogP contribution is 2.29. The minimum Gasteiger partial charge on any atom is -0.504 e. The van der Waals surface area contributed by atoms with Gasteiger partial charge in [-0.2, -0.15) is 0 Å². The van der Waals surface area contributed by atoms with E-state index in [1.165, 1.54) is 14.2 Å². The first-order chi connectivity index (χ1) is 15.6. The number of aromatic nitrogens is 1. The molecule has 3 aromatic rings. The van der Waals surface area contributed by atoms with Crippen LogP contribution >= 0.6 is 0 Å². The Morgan fingerprint density at radius 3 is 1.84 bits per heavy atom. The van der Waals surface area contributed by atoms with Gasteiger partial charge < -0.3 is 19.7 Å². The summed E-state index contributed by atoms with van der Waals surface area (Å²) < 4.78 is 10.3. The van der Waals surface area contributed by atoms with Crippen molar-refractivity contribution in [3.63, 3.8) is 0 Å². The summed E-state index contributed by atoms with van der Waals surface area (Å²) in [6, 6.07) is 16.4. The number of phenols is 2. The SMILES string of the molecule is COc1cccc(C=NCC(CN=Cc2cccc(OC)c2O)Cc2ccccn2)c1O. The summed E-state index contributed by atoms with van der Waals surface area (Å²) in [5, 5.41) is 20.5. The van der Waals surface area contributed by atoms with Gasteiger partial charge in [-0.25, -0.2) is 0 Å². The lowest BCUT2D eigenvalue weighted by Gasteiger charge is -2.12. The first-order valence-corrected chi connectivity index (χ1v) is 10.2. The highest BCUT2D eigenvalue weighted by molar-refractivity contribution is 5.85. The van der Waals surface area contributed by atoms with Crippen LogP contribution in [-0.2, 0) is 6.42 Å². The average Bonchev–Trinajstić information content (AvgIpc) is 2.82. The summed E-state index contributed by atoms with van der Waals surface area (Å²) in [5.41, 5.74) is 2.13. The number of methoxy groups -OCH3 is 2. The van der Waals surface area contributed by atoms with Crippen molar-refractivity contribution in [2.75, 3.05) is 27.3 Å². The third-order valence-electron chi connectivity index (χ3n) is 4.91. The largest absolute Gasteiger partial charge is 0.504 e. The molecule has 0 saturated heterocycles. The fourth-order valence-corrected chi connectivity index (χ4v) is 3.22. The van der Waals surface area contributed by atoms with Crippen molar-refractivity contribution in [2.45, 2.75) is 6.42 Å². The minimum absolute atomic E-state index is 0.0616. The van der Waals surface area contributed by atoms with Gasteiger partial charge >= 0.3 is 0 Å². The topological polar surface area (TPSA) is 96.5 Å². The number of pyridine rings is 1. The van der Waals surface area contributed by atoms with Crippen LogP contribution in [0.4, 0.5) is 0 Å². The lowest BCUT2D eigenvalue weighted by Crippen LogP contribution is -2.14. The van der Waals surface area contributed by atoms with Crippen LogP contribution in [-0.4, -0.2) is 54.9 Å². The molecule has 1 heterocycles. The summed E-state index contributed by atoms with van der Waals surface area (Å²) in [5.74, 6) is 1.01. The molecule has 0 fully saturated rings. The molecule has 0 aliphatic heterocycles. The molecule has 32 heavy (non-hydrogen) atoms. The third-order valence-corrected chi connectivity index (χ3v) is 4.91. The number of benzene rings is 2. The highest BCUT2D eigenvalue weighted by Gasteiger charge is 2.11. The van der Waals surface area contributed by atoms with E-state index in [9.17, 15) is 10.2 Å². The molecule has 0 aliphatic carbocycles. The highest BCUT2D eigenvalue weighted by atomic mass is 16.5. The van der Waals surface area contributed by atoms with Crippen LogP contribution in [0.15, 0.2) is 70.8 Å². The van der Waals surface area contributed by atoms with E-state index in [0.717, 1.165) is 5.69 Å². The maximum absolute atomic E-state index is 10.2. The molecule has 0 atom stereocenters. The minimum atomic E-state index is 0.0616. The van der Waals surface area contributed by atoms with Crippen LogP contribution in [0.5, 0.6) is 23.0 Å². The van der Waals surface area contributed by atoms with E-state index in [2.05, 4.69) is 15.0 Å². The Hall–Kier alpha value is -3.87. The van der Waals surface area contributed by atoms with Crippen molar-refractivity contribution in [1.29, 1.82) is 0 Å². The van der Waals surface area contributed by atoms with Gasteiger partial charge in [-0.05, 0) is 42.8 Å². The van der Waals surface area contributed by atoms with E-state index in [1.54, 1.807) is 55.0 Å². The predicted octanol–water partition coefficient (Wildman–Crippen LogP) is 3.91. The van der Waals surface area contributed by atoms with Gasteiger partial charge in [-0.15, -0.1) is 0 Å². The Balaban J connectivity index is 1.72. The van der Waals surface area contributed by atoms with Crippen LogP contribution in [0.1, 0.15) is 16.8 Å². The first-order valence-electron chi connectivity index (χ1n) is 10.2. The number of para-hydroxylation sites is 2. The molecule has 0 amide bonds. The Labute approximate surface area is 187 Å². The summed E-state index contributed by atoms with van der Waals surface area (Å²) in [6.45, 7) is 0.989. The zero-order valence-electron chi connectivity index (χ0n) is 18.2. The van der Waals surface area contributed by atoms with E-state index >= 15 is 0 Å². The van der Waals surface area contributed by atoms with Crippen LogP contribution < -0.4 is 9.47 Å². The number of rotatable bonds is 10. The standard InChI is InChI=1S/C25H27N3O4/c1-31-22-10-5-7-19(24(22)29)16-26-14-18(13-21-9-3-4-12-28-21)15-27-17-20-8-6-11-23(32-2)25(20)30/h3-12,16-18,29-30H,13-15H2,1-2H3. The Bertz CT molecular complexity index is 1000. The quantitative estimate of drug-likeness (QED) is 0.473. The molecule has 7 nitrogen and oxygen atoms in total. The van der Waals surface area contributed by atoms with Gasteiger partial charge in [0.2, 0.25) is 0 Å². The summed E-state index contributed by atoms with van der Waals surface area (Å²) >= 11 is 0. The monoisotopic (exact) mass is 433 g/mol. The van der Waals surface area contributed by atoms with Gasteiger partial charge in [-0.3, -0.25) is 15.0 Å². The molecule has 2 aromatic carbocycles. The van der Waals surface area contributed by atoms with E-state index in [0.29, 0.717) is 42.1 Å². The fourth-order valence-electron chi connectivity index (χ4n) is 3.22. The van der Waals surface area contributed by atoms with E-state index in [1.807, 2.05) is 18.2 Å². The van der Waals surface area contributed by atoms with Crippen molar-refractivity contribution >= 4 is 12.4 Å². The van der Waals surface area contributed by atoms with Crippen molar-refractivity contribution in [3.8, 4) is 23.0 Å². The van der Waals surface area contributed by atoms with Crippen molar-refractivity contribution in [1.82, 2.24) is 4.98 Å². The van der Waals surface area contributed by atoms with Crippen LogP contribution in [0.25, 0.3) is 0 Å². The molecule has 0 unspecified atom stereocenters. The summed E-state index contributed by atoms with van der Waals surface area (Å²) in [4.78, 5) is 13.5. The molecule has 2 N–H and O–H groups in total. The van der Waals surface area contributed by atoms with Gasteiger partial charge in [0.1, 0.15) is 0 Å². The number of aliphatic imine (C=N–C) groups is 2. The third kappa shape index (κ3) is 6.07. The smallest absolute Gasteiger partial charge is 0.166 e. The van der Waals surface area contributed by atoms with Gasteiger partial charge in [0, 0.05) is 54.5 Å². The van der Waals surface area contributed by atoms with Crippen LogP contribution in [0.2, 0.25) is 0 Å². The number of hydrogen-bond donors (Lipinski definition) is 2. The maximum Gasteiger partial charge on any atom is 0.166 e. The summed E-state index contributed by atoms with van der Waals surface area (Å²) in [6.07, 6.45) is 5.74. The lowest BCUT2D eigenvalue weighted by atomic mass is 10.0. The number of nitrogens with zero attached hydrogens (tertiary/aromatic N) is 3. The molecule has 0 aliphatic rings. The predicted molar refractivity (Wildman–Crippen MR) is 126 cm³/mol. The zero-order chi connectivity index (χ0) is 22.8.